The molecule has 0 spiro atoms. The van der Waals surface area contributed by atoms with Crippen molar-refractivity contribution in [3.63, 3.8) is 0 Å². The Morgan fingerprint density at radius 1 is 0.833 bits per heavy atom. The second-order valence-electron chi connectivity index (χ2n) is 4.41. The van der Waals surface area contributed by atoms with Crippen molar-refractivity contribution in [2.45, 2.75) is 67.2 Å². The van der Waals surface area contributed by atoms with Gasteiger partial charge in [-0.1, -0.05) is 54.4 Å². The van der Waals surface area contributed by atoms with Gasteiger partial charge in [0.25, 0.3) is 0 Å². The van der Waals surface area contributed by atoms with Crippen molar-refractivity contribution in [1.29, 1.82) is 0 Å². The maximum atomic E-state index is 2.57. The van der Waals surface area contributed by atoms with E-state index in [4.69, 9.17) is 0 Å². The molecule has 0 aromatic rings. The van der Waals surface area contributed by atoms with Crippen LogP contribution in [0.15, 0.2) is 0 Å². The van der Waals surface area contributed by atoms with E-state index in [1.165, 1.54) is 51.9 Å². The fourth-order valence-electron chi connectivity index (χ4n) is 1.52. The molecule has 0 unspecified atom stereocenters. The van der Waals surface area contributed by atoms with E-state index >= 15 is 0 Å². The summed E-state index contributed by atoms with van der Waals surface area (Å²) in [6.45, 7) is 17.4. The third-order valence-corrected chi connectivity index (χ3v) is 2.31. The van der Waals surface area contributed by atoms with E-state index in [2.05, 4.69) is 37.7 Å². The summed E-state index contributed by atoms with van der Waals surface area (Å²) in [5.74, 6) is 0. The molecule has 0 aromatic heterocycles. The van der Waals surface area contributed by atoms with E-state index in [1.807, 2.05) is 27.7 Å². The van der Waals surface area contributed by atoms with E-state index in [-0.39, 0.29) is 0 Å². The lowest BCUT2D eigenvalue weighted by molar-refractivity contribution is 0.207. The maximum absolute atomic E-state index is 2.57. The Morgan fingerprint density at radius 2 is 1.22 bits per heavy atom. The second kappa shape index (κ2) is 22.1. The molecule has 1 fully saturated rings. The van der Waals surface area contributed by atoms with E-state index in [9.17, 15) is 0 Å². The van der Waals surface area contributed by atoms with Gasteiger partial charge in [-0.25, -0.2) is 0 Å². The highest BCUT2D eigenvalue weighted by molar-refractivity contribution is 4.64. The molecule has 0 saturated carbocycles. The quantitative estimate of drug-likeness (QED) is 0.737. The molecule has 1 heterocycles. The highest BCUT2D eigenvalue weighted by atomic mass is 15.2. The van der Waals surface area contributed by atoms with Gasteiger partial charge >= 0.3 is 0 Å². The highest BCUT2D eigenvalue weighted by Crippen LogP contribution is 2.07. The summed E-state index contributed by atoms with van der Waals surface area (Å²) in [6, 6.07) is 0. The summed E-state index contributed by atoms with van der Waals surface area (Å²) in [6.07, 6.45) is 5.51. The van der Waals surface area contributed by atoms with E-state index in [0.717, 1.165) is 0 Å². The average Bonchev–Trinajstić information content (AvgIpc) is 2.43. The van der Waals surface area contributed by atoms with Crippen LogP contribution in [0.1, 0.15) is 67.2 Å². The number of piperidine rings is 1. The zero-order chi connectivity index (χ0) is 14.8. The smallest absolute Gasteiger partial charge is 0.0109 e. The number of nitrogens with zero attached hydrogens (tertiary/aromatic N) is 2. The van der Waals surface area contributed by atoms with Crippen LogP contribution in [-0.2, 0) is 0 Å². The van der Waals surface area contributed by atoms with Crippen molar-refractivity contribution in [3.05, 3.63) is 0 Å². The molecule has 1 saturated heterocycles. The van der Waals surface area contributed by atoms with Crippen molar-refractivity contribution in [3.8, 4) is 0 Å². The van der Waals surface area contributed by atoms with Gasteiger partial charge in [0.05, 0.1) is 0 Å². The van der Waals surface area contributed by atoms with Crippen molar-refractivity contribution < 1.29 is 0 Å². The van der Waals surface area contributed by atoms with Gasteiger partial charge in [0, 0.05) is 13.1 Å². The Hall–Kier alpha value is -0.0800. The summed E-state index contributed by atoms with van der Waals surface area (Å²) >= 11 is 0. The van der Waals surface area contributed by atoms with Crippen LogP contribution in [-0.4, -0.2) is 50.1 Å². The fourth-order valence-corrected chi connectivity index (χ4v) is 1.52. The van der Waals surface area contributed by atoms with Gasteiger partial charge in [0.2, 0.25) is 0 Å². The highest BCUT2D eigenvalue weighted by Gasteiger charge is 2.08. The molecule has 114 valence electrons. The topological polar surface area (TPSA) is 6.48 Å². The summed E-state index contributed by atoms with van der Waals surface area (Å²) in [5.41, 5.74) is 0. The van der Waals surface area contributed by atoms with E-state index < -0.39 is 0 Å². The molecule has 18 heavy (non-hydrogen) atoms. The lowest BCUT2D eigenvalue weighted by Crippen LogP contribution is -2.35. The van der Waals surface area contributed by atoms with Gasteiger partial charge in [-0.05, 0) is 40.0 Å². The molecule has 2 nitrogen and oxygen atoms in total. The predicted molar refractivity (Wildman–Crippen MR) is 87.5 cm³/mol. The van der Waals surface area contributed by atoms with Gasteiger partial charge in [-0.15, -0.1) is 0 Å². The minimum atomic E-state index is 1.21. The first kappa shape index (κ1) is 23.0. The van der Waals surface area contributed by atoms with Crippen LogP contribution < -0.4 is 0 Å². The molecule has 0 bridgehead atoms. The lowest BCUT2D eigenvalue weighted by atomic mass is 10.1. The lowest BCUT2D eigenvalue weighted by Gasteiger charge is -2.27. The zero-order valence-electron chi connectivity index (χ0n) is 14.6. The van der Waals surface area contributed by atoms with Crippen molar-refractivity contribution in [2.24, 2.45) is 0 Å². The Bertz CT molecular complexity index is 108. The molecule has 0 amide bonds. The minimum Gasteiger partial charge on any atom is -0.308 e. The van der Waals surface area contributed by atoms with Crippen molar-refractivity contribution in [1.82, 2.24) is 9.80 Å². The monoisotopic (exact) mass is 260 g/mol. The number of likely N-dealkylation sites (tertiary alicyclic amines) is 1. The predicted octanol–water partition coefficient (Wildman–Crippen LogP) is 4.50. The molecule has 0 aromatic carbocycles. The van der Waals surface area contributed by atoms with Crippen LogP contribution in [0.25, 0.3) is 0 Å². The zero-order valence-corrected chi connectivity index (χ0v) is 14.6. The molecule has 0 atom stereocenters. The second-order valence-corrected chi connectivity index (χ2v) is 4.41. The van der Waals surface area contributed by atoms with Crippen LogP contribution in [0.3, 0.4) is 0 Å². The van der Waals surface area contributed by atoms with Crippen LogP contribution >= 0.6 is 0 Å². The number of hydrogen-bond acceptors (Lipinski definition) is 2. The third-order valence-electron chi connectivity index (χ3n) is 2.31. The van der Waals surface area contributed by atoms with E-state index in [0.29, 0.717) is 0 Å². The summed E-state index contributed by atoms with van der Waals surface area (Å²) in [7, 11) is 4.29. The fraction of sp³-hybridized carbons (Fsp3) is 1.00. The largest absolute Gasteiger partial charge is 0.308 e. The summed E-state index contributed by atoms with van der Waals surface area (Å²) in [4.78, 5) is 4.83. The molecule has 1 rings (SSSR count). The minimum absolute atomic E-state index is 1.21. The van der Waals surface area contributed by atoms with Crippen LogP contribution in [0.5, 0.6) is 0 Å². The first-order chi connectivity index (χ1) is 8.70. The molecule has 1 aliphatic rings. The van der Waals surface area contributed by atoms with Gasteiger partial charge in [0.15, 0.2) is 0 Å². The normalized spacial score (nSPS) is 14.5. The van der Waals surface area contributed by atoms with Crippen LogP contribution in [0.4, 0.5) is 0 Å². The molecule has 1 aliphatic heterocycles. The average molecular weight is 261 g/mol. The molecule has 0 radical (unpaired) electrons. The molecular weight excluding hydrogens is 220 g/mol. The summed E-state index contributed by atoms with van der Waals surface area (Å²) < 4.78 is 0. The molecular formula is C16H40N2. The molecule has 2 heteroatoms. The van der Waals surface area contributed by atoms with Gasteiger partial charge in [-0.3, -0.25) is 0 Å². The van der Waals surface area contributed by atoms with Crippen molar-refractivity contribution >= 4 is 0 Å². The van der Waals surface area contributed by atoms with Gasteiger partial charge in [-0.2, -0.15) is 0 Å². The molecule has 0 aliphatic carbocycles. The Balaban J connectivity index is -0.000000274. The third kappa shape index (κ3) is 21.2. The Kier molecular flexibility index (Phi) is 28.3. The first-order valence-corrected chi connectivity index (χ1v) is 8.07. The van der Waals surface area contributed by atoms with Crippen LogP contribution in [0.2, 0.25) is 0 Å². The summed E-state index contributed by atoms with van der Waals surface area (Å²) in [5, 5.41) is 0. The Labute approximate surface area is 118 Å². The number of rotatable bonds is 3. The Morgan fingerprint density at radius 3 is 1.56 bits per heavy atom. The maximum Gasteiger partial charge on any atom is 0.0109 e. The standard InChI is InChI=1S/C9H20N2.C3H8.2C2H6/c1-10(2)8-9-11-6-4-3-5-7-11;1-3-2;2*1-2/h3-9H2,1-2H3;3H2,1-2H3;2*1-2H3. The van der Waals surface area contributed by atoms with Gasteiger partial charge < -0.3 is 9.80 Å². The van der Waals surface area contributed by atoms with E-state index in [1.54, 1.807) is 0 Å². The SMILES string of the molecule is CC.CC.CCC.CN(C)CCN1CCCCC1. The first-order valence-electron chi connectivity index (χ1n) is 8.07. The van der Waals surface area contributed by atoms with Gasteiger partial charge in [0.1, 0.15) is 0 Å². The van der Waals surface area contributed by atoms with Crippen LogP contribution in [0, 0.1) is 0 Å². The number of hydrogen-bond donors (Lipinski definition) is 0. The van der Waals surface area contributed by atoms with Crippen molar-refractivity contribution in [2.75, 3.05) is 40.3 Å². The number of likely N-dealkylation sites (N-methyl/N-ethyl adjacent to an activating group) is 1. The molecule has 0 N–H and O–H groups in total.